The zero-order chi connectivity index (χ0) is 20.1. The largest absolute Gasteiger partial charge is 0.426 e. The summed E-state index contributed by atoms with van der Waals surface area (Å²) in [6.45, 7) is 1.81. The van der Waals surface area contributed by atoms with Crippen LogP contribution in [0, 0.1) is 6.92 Å². The van der Waals surface area contributed by atoms with E-state index < -0.39 is 0 Å². The highest BCUT2D eigenvalue weighted by molar-refractivity contribution is 5.78. The molecule has 6 heteroatoms. The molecule has 146 valence electrons. The van der Waals surface area contributed by atoms with Crippen molar-refractivity contribution in [2.75, 3.05) is 0 Å². The van der Waals surface area contributed by atoms with Crippen molar-refractivity contribution in [2.24, 2.45) is 7.05 Å². The second kappa shape index (κ2) is 8.65. The van der Waals surface area contributed by atoms with Crippen molar-refractivity contribution >= 4 is 6.08 Å². The van der Waals surface area contributed by atoms with Gasteiger partial charge in [-0.3, -0.25) is 0 Å². The maximum atomic E-state index is 5.40. The SMILES string of the molecule is Cc1nnc(CCC/C=C/c2cccc(-c3nn(C)nc3-c3ccccc3)c2)o1. The molecule has 2 aromatic carbocycles. The first-order valence-electron chi connectivity index (χ1n) is 9.72. The molecule has 0 spiro atoms. The molecular weight excluding hydrogens is 362 g/mol. The smallest absolute Gasteiger partial charge is 0.216 e. The number of allylic oxidation sites excluding steroid dienone is 1. The normalized spacial score (nSPS) is 11.4. The number of aromatic nitrogens is 5. The molecule has 0 aliphatic rings. The molecule has 0 bridgehead atoms. The van der Waals surface area contributed by atoms with Gasteiger partial charge in [0.1, 0.15) is 11.4 Å². The van der Waals surface area contributed by atoms with Crippen molar-refractivity contribution in [3.63, 3.8) is 0 Å². The summed E-state index contributed by atoms with van der Waals surface area (Å²) in [5, 5.41) is 17.1. The Hall–Kier alpha value is -3.54. The molecule has 0 unspecified atom stereocenters. The average Bonchev–Trinajstić information content (AvgIpc) is 3.34. The molecule has 0 aliphatic heterocycles. The molecule has 29 heavy (non-hydrogen) atoms. The molecule has 2 aromatic heterocycles. The third kappa shape index (κ3) is 4.66. The van der Waals surface area contributed by atoms with Crippen molar-refractivity contribution in [3.8, 4) is 22.5 Å². The van der Waals surface area contributed by atoms with E-state index in [4.69, 9.17) is 4.42 Å². The van der Waals surface area contributed by atoms with Crippen LogP contribution in [0.5, 0.6) is 0 Å². The second-order valence-corrected chi connectivity index (χ2v) is 6.89. The first-order valence-corrected chi connectivity index (χ1v) is 9.72. The van der Waals surface area contributed by atoms with Crippen LogP contribution in [0.15, 0.2) is 65.1 Å². The van der Waals surface area contributed by atoms with Gasteiger partial charge in [0.05, 0.1) is 0 Å². The molecule has 2 heterocycles. The lowest BCUT2D eigenvalue weighted by atomic mass is 10.0. The maximum absolute atomic E-state index is 5.40. The number of hydrogen-bond acceptors (Lipinski definition) is 5. The molecule has 0 radical (unpaired) electrons. The van der Waals surface area contributed by atoms with Crippen molar-refractivity contribution in [2.45, 2.75) is 26.2 Å². The van der Waals surface area contributed by atoms with Crippen LogP contribution in [0.1, 0.15) is 30.2 Å². The number of nitrogens with zero attached hydrogens (tertiary/aromatic N) is 5. The molecule has 6 nitrogen and oxygen atoms in total. The van der Waals surface area contributed by atoms with Crippen LogP contribution < -0.4 is 0 Å². The monoisotopic (exact) mass is 385 g/mol. The Balaban J connectivity index is 1.47. The van der Waals surface area contributed by atoms with Crippen molar-refractivity contribution in [1.82, 2.24) is 25.2 Å². The van der Waals surface area contributed by atoms with Gasteiger partial charge in [-0.1, -0.05) is 60.7 Å². The Bertz CT molecular complexity index is 1110. The lowest BCUT2D eigenvalue weighted by Crippen LogP contribution is -1.92. The van der Waals surface area contributed by atoms with Gasteiger partial charge in [-0.25, -0.2) is 0 Å². The van der Waals surface area contributed by atoms with Gasteiger partial charge >= 0.3 is 0 Å². The number of unbranched alkanes of at least 4 members (excludes halogenated alkanes) is 1. The van der Waals surface area contributed by atoms with Gasteiger partial charge in [0.2, 0.25) is 11.8 Å². The Morgan fingerprint density at radius 3 is 2.45 bits per heavy atom. The van der Waals surface area contributed by atoms with Gasteiger partial charge in [0, 0.05) is 31.5 Å². The molecule has 0 fully saturated rings. The van der Waals surface area contributed by atoms with E-state index in [0.29, 0.717) is 11.8 Å². The topological polar surface area (TPSA) is 69.6 Å². The van der Waals surface area contributed by atoms with E-state index >= 15 is 0 Å². The highest BCUT2D eigenvalue weighted by Gasteiger charge is 2.13. The number of benzene rings is 2. The summed E-state index contributed by atoms with van der Waals surface area (Å²) in [5.41, 5.74) is 5.04. The van der Waals surface area contributed by atoms with E-state index in [1.807, 2.05) is 32.2 Å². The zero-order valence-corrected chi connectivity index (χ0v) is 16.6. The van der Waals surface area contributed by atoms with E-state index in [9.17, 15) is 0 Å². The lowest BCUT2D eigenvalue weighted by molar-refractivity contribution is 0.462. The molecule has 0 atom stereocenters. The fourth-order valence-electron chi connectivity index (χ4n) is 3.21. The summed E-state index contributed by atoms with van der Waals surface area (Å²) in [6.07, 6.45) is 7.04. The Labute approximate surface area is 169 Å². The molecule has 0 N–H and O–H groups in total. The van der Waals surface area contributed by atoms with Gasteiger partial charge in [0.15, 0.2) is 0 Å². The minimum Gasteiger partial charge on any atom is -0.426 e. The summed E-state index contributed by atoms with van der Waals surface area (Å²) >= 11 is 0. The third-order valence-corrected chi connectivity index (χ3v) is 4.56. The van der Waals surface area contributed by atoms with E-state index in [-0.39, 0.29) is 0 Å². The molecule has 0 saturated heterocycles. The predicted octanol–water partition coefficient (Wildman–Crippen LogP) is 4.88. The number of rotatable bonds is 7. The second-order valence-electron chi connectivity index (χ2n) is 6.89. The van der Waals surface area contributed by atoms with E-state index in [2.05, 4.69) is 68.9 Å². The Morgan fingerprint density at radius 1 is 0.931 bits per heavy atom. The summed E-state index contributed by atoms with van der Waals surface area (Å²) in [4.78, 5) is 1.62. The first kappa shape index (κ1) is 18.8. The van der Waals surface area contributed by atoms with Gasteiger partial charge in [0.25, 0.3) is 0 Å². The van der Waals surface area contributed by atoms with Crippen molar-refractivity contribution < 1.29 is 4.42 Å². The molecule has 0 amide bonds. The maximum Gasteiger partial charge on any atom is 0.216 e. The molecule has 4 aromatic rings. The summed E-state index contributed by atoms with van der Waals surface area (Å²) in [6, 6.07) is 18.5. The highest BCUT2D eigenvalue weighted by Crippen LogP contribution is 2.29. The lowest BCUT2D eigenvalue weighted by Gasteiger charge is -2.03. The molecule has 0 aliphatic carbocycles. The van der Waals surface area contributed by atoms with Gasteiger partial charge in [-0.05, 0) is 24.5 Å². The third-order valence-electron chi connectivity index (χ3n) is 4.56. The van der Waals surface area contributed by atoms with Crippen LogP contribution in [-0.2, 0) is 13.5 Å². The van der Waals surface area contributed by atoms with Crippen molar-refractivity contribution in [1.29, 1.82) is 0 Å². The Morgan fingerprint density at radius 2 is 1.69 bits per heavy atom. The average molecular weight is 385 g/mol. The quantitative estimate of drug-likeness (QED) is 0.424. The minimum atomic E-state index is 0.617. The van der Waals surface area contributed by atoms with Crippen LogP contribution in [-0.4, -0.2) is 25.2 Å². The fraction of sp³-hybridized carbons (Fsp3) is 0.217. The van der Waals surface area contributed by atoms with Crippen LogP contribution in [0.4, 0.5) is 0 Å². The van der Waals surface area contributed by atoms with E-state index in [0.717, 1.165) is 47.3 Å². The fourth-order valence-corrected chi connectivity index (χ4v) is 3.21. The van der Waals surface area contributed by atoms with Crippen LogP contribution in [0.3, 0.4) is 0 Å². The number of aryl methyl sites for hydroxylation is 3. The van der Waals surface area contributed by atoms with Crippen LogP contribution >= 0.6 is 0 Å². The minimum absolute atomic E-state index is 0.617. The van der Waals surface area contributed by atoms with Crippen molar-refractivity contribution in [3.05, 3.63) is 78.0 Å². The summed E-state index contributed by atoms with van der Waals surface area (Å²) < 4.78 is 5.40. The van der Waals surface area contributed by atoms with E-state index in [1.54, 1.807) is 4.80 Å². The van der Waals surface area contributed by atoms with Gasteiger partial charge < -0.3 is 4.42 Å². The van der Waals surface area contributed by atoms with E-state index in [1.165, 1.54) is 0 Å². The predicted molar refractivity (Wildman–Crippen MR) is 113 cm³/mol. The molecule has 4 rings (SSSR count). The summed E-state index contributed by atoms with van der Waals surface area (Å²) in [5.74, 6) is 1.32. The van der Waals surface area contributed by atoms with Crippen LogP contribution in [0.2, 0.25) is 0 Å². The zero-order valence-electron chi connectivity index (χ0n) is 16.6. The summed E-state index contributed by atoms with van der Waals surface area (Å²) in [7, 11) is 1.85. The highest BCUT2D eigenvalue weighted by atomic mass is 16.4. The standard InChI is InChI=1S/C23H23N5O/c1-17-24-25-21(29-17)15-8-3-5-10-18-11-9-14-20(16-18)23-22(26-28(2)27-23)19-12-6-4-7-13-19/h4-7,9-14,16H,3,8,15H2,1-2H3/b10-5+. The van der Waals surface area contributed by atoms with Gasteiger partial charge in [-0.15, -0.1) is 10.2 Å². The van der Waals surface area contributed by atoms with Crippen LogP contribution in [0.25, 0.3) is 28.6 Å². The van der Waals surface area contributed by atoms with Gasteiger partial charge in [-0.2, -0.15) is 15.0 Å². The molecule has 0 saturated carbocycles. The Kier molecular flexibility index (Phi) is 5.61. The first-order chi connectivity index (χ1) is 14.2. The number of hydrogen-bond donors (Lipinski definition) is 0. The molecular formula is C23H23N5O.